The molecule has 2 aromatic heterocycles. The number of pyridine rings is 1. The van der Waals surface area contributed by atoms with Crippen molar-refractivity contribution in [1.82, 2.24) is 4.98 Å². The summed E-state index contributed by atoms with van der Waals surface area (Å²) in [6.07, 6.45) is 1.76. The van der Waals surface area contributed by atoms with Crippen LogP contribution in [0.25, 0.3) is 10.2 Å². The minimum Gasteiger partial charge on any atom is -0.411 e. The maximum Gasteiger partial charge on any atom is 0.123 e. The van der Waals surface area contributed by atoms with Gasteiger partial charge in [-0.2, -0.15) is 0 Å². The molecule has 0 aliphatic rings. The first-order valence-electron chi connectivity index (χ1n) is 3.85. The maximum absolute atomic E-state index is 8.59. The molecule has 0 fully saturated rings. The molecule has 66 valence electrons. The van der Waals surface area contributed by atoms with Crippen molar-refractivity contribution in [3.05, 3.63) is 29.3 Å². The molecule has 0 atom stereocenters. The summed E-state index contributed by atoms with van der Waals surface area (Å²) in [5, 5.41) is 12.8. The Morgan fingerprint density at radius 3 is 3.15 bits per heavy atom. The van der Waals surface area contributed by atoms with Gasteiger partial charge in [0.05, 0.1) is 10.6 Å². The lowest BCUT2D eigenvalue weighted by molar-refractivity contribution is 0.319. The second kappa shape index (κ2) is 3.14. The average molecular weight is 192 g/mol. The van der Waals surface area contributed by atoms with Crippen molar-refractivity contribution < 1.29 is 5.21 Å². The van der Waals surface area contributed by atoms with Gasteiger partial charge in [-0.15, -0.1) is 11.3 Å². The highest BCUT2D eigenvalue weighted by Gasteiger charge is 2.04. The predicted octanol–water partition coefficient (Wildman–Crippen LogP) is 2.49. The van der Waals surface area contributed by atoms with Crippen LogP contribution >= 0.6 is 11.3 Å². The van der Waals surface area contributed by atoms with Gasteiger partial charge in [-0.25, -0.2) is 4.98 Å². The summed E-state index contributed by atoms with van der Waals surface area (Å²) in [6.45, 7) is 1.77. The fourth-order valence-corrected chi connectivity index (χ4v) is 2.04. The SMILES string of the molecule is C/C(=N\O)c1cc2cccnc2s1. The molecule has 13 heavy (non-hydrogen) atoms. The van der Waals surface area contributed by atoms with Crippen LogP contribution in [0.1, 0.15) is 11.8 Å². The highest BCUT2D eigenvalue weighted by molar-refractivity contribution is 7.20. The van der Waals surface area contributed by atoms with Gasteiger partial charge >= 0.3 is 0 Å². The van der Waals surface area contributed by atoms with Crippen molar-refractivity contribution in [2.75, 3.05) is 0 Å². The average Bonchev–Trinajstić information content (AvgIpc) is 2.59. The van der Waals surface area contributed by atoms with Crippen molar-refractivity contribution >= 4 is 27.3 Å². The van der Waals surface area contributed by atoms with Crippen LogP contribution in [0.3, 0.4) is 0 Å². The van der Waals surface area contributed by atoms with Crippen molar-refractivity contribution in [2.24, 2.45) is 5.16 Å². The van der Waals surface area contributed by atoms with Crippen molar-refractivity contribution in [1.29, 1.82) is 0 Å². The van der Waals surface area contributed by atoms with Gasteiger partial charge in [-0.1, -0.05) is 11.2 Å². The largest absolute Gasteiger partial charge is 0.411 e. The Hall–Kier alpha value is -1.42. The van der Waals surface area contributed by atoms with E-state index in [2.05, 4.69) is 10.1 Å². The third-order valence-corrected chi connectivity index (χ3v) is 2.97. The van der Waals surface area contributed by atoms with Gasteiger partial charge in [0.25, 0.3) is 0 Å². The van der Waals surface area contributed by atoms with E-state index >= 15 is 0 Å². The van der Waals surface area contributed by atoms with Crippen LogP contribution in [-0.2, 0) is 0 Å². The highest BCUT2D eigenvalue weighted by Crippen LogP contribution is 2.23. The molecule has 3 nitrogen and oxygen atoms in total. The minimum absolute atomic E-state index is 0.628. The van der Waals surface area contributed by atoms with E-state index in [0.29, 0.717) is 5.71 Å². The molecule has 4 heteroatoms. The van der Waals surface area contributed by atoms with E-state index in [1.54, 1.807) is 13.1 Å². The van der Waals surface area contributed by atoms with E-state index in [-0.39, 0.29) is 0 Å². The first kappa shape index (κ1) is 8.19. The van der Waals surface area contributed by atoms with Gasteiger partial charge in [0.15, 0.2) is 0 Å². The van der Waals surface area contributed by atoms with Crippen LogP contribution in [0.4, 0.5) is 0 Å². The van der Waals surface area contributed by atoms with E-state index in [1.165, 1.54) is 11.3 Å². The molecule has 0 spiro atoms. The van der Waals surface area contributed by atoms with Gasteiger partial charge in [0.2, 0.25) is 0 Å². The lowest BCUT2D eigenvalue weighted by atomic mass is 10.3. The summed E-state index contributed by atoms with van der Waals surface area (Å²) in [5.74, 6) is 0. The van der Waals surface area contributed by atoms with E-state index in [1.807, 2.05) is 18.2 Å². The van der Waals surface area contributed by atoms with Crippen molar-refractivity contribution in [3.63, 3.8) is 0 Å². The predicted molar refractivity (Wildman–Crippen MR) is 53.6 cm³/mol. The van der Waals surface area contributed by atoms with Crippen LogP contribution in [0.2, 0.25) is 0 Å². The quantitative estimate of drug-likeness (QED) is 0.428. The van der Waals surface area contributed by atoms with E-state index in [4.69, 9.17) is 5.21 Å². The number of hydrogen-bond acceptors (Lipinski definition) is 4. The summed E-state index contributed by atoms with van der Waals surface area (Å²) >= 11 is 1.53. The van der Waals surface area contributed by atoms with E-state index in [9.17, 15) is 0 Å². The zero-order chi connectivity index (χ0) is 9.26. The molecular weight excluding hydrogens is 184 g/mol. The number of aromatic nitrogens is 1. The van der Waals surface area contributed by atoms with Crippen LogP contribution in [0.5, 0.6) is 0 Å². The molecule has 1 N–H and O–H groups in total. The Bertz CT molecular complexity index is 428. The first-order chi connectivity index (χ1) is 6.31. The van der Waals surface area contributed by atoms with Gasteiger partial charge in [0, 0.05) is 11.6 Å². The molecule has 0 bridgehead atoms. The number of rotatable bonds is 1. The first-order valence-corrected chi connectivity index (χ1v) is 4.66. The summed E-state index contributed by atoms with van der Waals surface area (Å²) < 4.78 is 0. The molecular formula is C9H8N2OS. The topological polar surface area (TPSA) is 45.5 Å². The molecule has 0 aliphatic heterocycles. The lowest BCUT2D eigenvalue weighted by Gasteiger charge is -1.87. The molecule has 0 aliphatic carbocycles. The van der Waals surface area contributed by atoms with Crippen LogP contribution in [0.15, 0.2) is 29.6 Å². The summed E-state index contributed by atoms with van der Waals surface area (Å²) in [6, 6.07) is 5.86. The summed E-state index contributed by atoms with van der Waals surface area (Å²) in [5.41, 5.74) is 0.628. The van der Waals surface area contributed by atoms with E-state index < -0.39 is 0 Å². The van der Waals surface area contributed by atoms with Gasteiger partial charge in [0.1, 0.15) is 4.83 Å². The molecule has 0 saturated carbocycles. The van der Waals surface area contributed by atoms with E-state index in [0.717, 1.165) is 15.1 Å². The highest BCUT2D eigenvalue weighted by atomic mass is 32.1. The second-order valence-electron chi connectivity index (χ2n) is 2.69. The maximum atomic E-state index is 8.59. The summed E-state index contributed by atoms with van der Waals surface area (Å²) in [7, 11) is 0. The Kier molecular flexibility index (Phi) is 1.98. The van der Waals surface area contributed by atoms with Crippen LogP contribution in [-0.4, -0.2) is 15.9 Å². The number of fused-ring (bicyclic) bond motifs is 1. The number of hydrogen-bond donors (Lipinski definition) is 1. The third kappa shape index (κ3) is 1.40. The van der Waals surface area contributed by atoms with Gasteiger partial charge in [-0.05, 0) is 19.1 Å². The van der Waals surface area contributed by atoms with Crippen molar-refractivity contribution in [3.8, 4) is 0 Å². The number of nitrogens with zero attached hydrogens (tertiary/aromatic N) is 2. The van der Waals surface area contributed by atoms with Gasteiger partial charge in [-0.3, -0.25) is 0 Å². The zero-order valence-corrected chi connectivity index (χ0v) is 7.88. The molecule has 0 aromatic carbocycles. The molecule has 0 radical (unpaired) electrons. The summed E-state index contributed by atoms with van der Waals surface area (Å²) in [4.78, 5) is 6.13. The fourth-order valence-electron chi connectivity index (χ4n) is 1.10. The standard InChI is InChI=1S/C9H8N2OS/c1-6(11-12)8-5-7-3-2-4-10-9(7)13-8/h2-5,12H,1H3/b11-6+. The number of thiophene rings is 1. The van der Waals surface area contributed by atoms with Crippen LogP contribution < -0.4 is 0 Å². The number of oxime groups is 1. The second-order valence-corrected chi connectivity index (χ2v) is 3.72. The molecule has 2 aromatic rings. The monoisotopic (exact) mass is 192 g/mol. The molecule has 0 amide bonds. The molecule has 2 rings (SSSR count). The lowest BCUT2D eigenvalue weighted by Crippen LogP contribution is -1.87. The fraction of sp³-hybridized carbons (Fsp3) is 0.111. The Balaban J connectivity index is 2.62. The smallest absolute Gasteiger partial charge is 0.123 e. The Labute approximate surface area is 79.3 Å². The molecule has 0 unspecified atom stereocenters. The minimum atomic E-state index is 0.628. The van der Waals surface area contributed by atoms with Gasteiger partial charge < -0.3 is 5.21 Å². The Morgan fingerprint density at radius 1 is 1.62 bits per heavy atom. The zero-order valence-electron chi connectivity index (χ0n) is 7.06. The third-order valence-electron chi connectivity index (χ3n) is 1.80. The van der Waals surface area contributed by atoms with Crippen molar-refractivity contribution in [2.45, 2.75) is 6.92 Å². The molecule has 2 heterocycles. The normalized spacial score (nSPS) is 12.2. The molecule has 0 saturated heterocycles. The Morgan fingerprint density at radius 2 is 2.46 bits per heavy atom. The van der Waals surface area contributed by atoms with Crippen LogP contribution in [0, 0.1) is 0 Å².